The summed E-state index contributed by atoms with van der Waals surface area (Å²) in [5.74, 6) is -2.17. The molecular formula is C21H22F8N6O4S2. The van der Waals surface area contributed by atoms with Crippen LogP contribution in [-0.4, -0.2) is 54.5 Å². The van der Waals surface area contributed by atoms with E-state index in [0.29, 0.717) is 36.9 Å². The molecule has 1 N–H and O–H groups in total. The number of nitrogens with zero attached hydrogens (tertiary/aromatic N) is 5. The van der Waals surface area contributed by atoms with Crippen molar-refractivity contribution in [2.75, 3.05) is 9.62 Å². The highest BCUT2D eigenvalue weighted by Crippen LogP contribution is 2.42. The lowest BCUT2D eigenvalue weighted by molar-refractivity contribution is -0.370. The van der Waals surface area contributed by atoms with Crippen molar-refractivity contribution >= 4 is 49.5 Å². The van der Waals surface area contributed by atoms with Crippen LogP contribution in [0.15, 0.2) is 22.4 Å². The fourth-order valence-corrected chi connectivity index (χ4v) is 5.17. The Labute approximate surface area is 231 Å². The van der Waals surface area contributed by atoms with Crippen LogP contribution in [0, 0.1) is 0 Å². The molecule has 1 aliphatic heterocycles. The van der Waals surface area contributed by atoms with Gasteiger partial charge in [0, 0.05) is 17.8 Å². The molecule has 0 saturated carbocycles. The monoisotopic (exact) mass is 638 g/mol. The number of sulfonamides is 1. The Hall–Kier alpha value is -3.16. The highest BCUT2D eigenvalue weighted by atomic mass is 32.2. The summed E-state index contributed by atoms with van der Waals surface area (Å²) in [6.07, 6.45) is -9.48. The van der Waals surface area contributed by atoms with Crippen LogP contribution in [0.5, 0.6) is 0 Å². The van der Waals surface area contributed by atoms with E-state index in [9.17, 15) is 48.3 Å². The lowest BCUT2D eigenvalue weighted by Gasteiger charge is -2.42. The molecule has 3 rings (SSSR count). The second kappa shape index (κ2) is 11.6. The number of hydrogen-bond donors (Lipinski definition) is 1. The molecule has 41 heavy (non-hydrogen) atoms. The molecule has 0 aliphatic carbocycles. The Balaban J connectivity index is 2.02. The van der Waals surface area contributed by atoms with Crippen molar-refractivity contribution in [2.24, 2.45) is 10.2 Å². The number of nitrogens with one attached hydrogen (secondary N) is 1. The van der Waals surface area contributed by atoms with E-state index in [1.165, 1.54) is 16.9 Å². The first-order valence-corrected chi connectivity index (χ1v) is 14.1. The Kier molecular flexibility index (Phi) is 9.16. The Morgan fingerprint density at radius 3 is 2.32 bits per heavy atom. The zero-order valence-electron chi connectivity index (χ0n) is 21.3. The van der Waals surface area contributed by atoms with E-state index in [-0.39, 0.29) is 23.4 Å². The number of aryl methyl sites for hydroxylation is 1. The van der Waals surface area contributed by atoms with E-state index < -0.39 is 55.3 Å². The third-order valence-corrected chi connectivity index (χ3v) is 7.94. The van der Waals surface area contributed by atoms with Crippen LogP contribution in [0.2, 0.25) is 0 Å². The molecule has 0 fully saturated rings. The third-order valence-electron chi connectivity index (χ3n) is 6.05. The molecule has 0 bridgehead atoms. The number of hydrogen-bond acceptors (Lipinski definition) is 10. The summed E-state index contributed by atoms with van der Waals surface area (Å²) in [5.41, 5.74) is -5.55. The number of halogens is 8. The standard InChI is InChI=1S/C21H22F8N6O4S2/c1-4-12(5-2)35-10(3)6-7-11-8-13(14(9-15(11)35)34-41(37,38)21(27,28)29)30-32-18-33-31-16(40-18)17(36)39-20(25,26)19(22,23)24/h8-10,12,34H,4-7H2,1-3H3. The van der Waals surface area contributed by atoms with Gasteiger partial charge < -0.3 is 9.64 Å². The van der Waals surface area contributed by atoms with Gasteiger partial charge in [-0.1, -0.05) is 25.2 Å². The molecule has 0 spiro atoms. The lowest BCUT2D eigenvalue weighted by atomic mass is 9.92. The summed E-state index contributed by atoms with van der Waals surface area (Å²) in [7, 11) is -5.90. The number of esters is 1. The largest absolute Gasteiger partial charge is 0.516 e. The van der Waals surface area contributed by atoms with Gasteiger partial charge in [-0.25, -0.2) is 4.79 Å². The molecule has 1 aliphatic rings. The van der Waals surface area contributed by atoms with Crippen molar-refractivity contribution in [3.8, 4) is 0 Å². The summed E-state index contributed by atoms with van der Waals surface area (Å²) < 4.78 is 131. The zero-order valence-corrected chi connectivity index (χ0v) is 23.0. The summed E-state index contributed by atoms with van der Waals surface area (Å²) in [6.45, 7) is 5.79. The fourth-order valence-electron chi connectivity index (χ4n) is 4.06. The molecule has 1 aromatic carbocycles. The molecule has 10 nitrogen and oxygen atoms in total. The minimum atomic E-state index is -6.19. The van der Waals surface area contributed by atoms with Crippen LogP contribution in [-0.2, 0) is 21.2 Å². The molecule has 2 aromatic rings. The second-order valence-corrected chi connectivity index (χ2v) is 11.4. The number of rotatable bonds is 9. The second-order valence-electron chi connectivity index (χ2n) is 8.81. The lowest BCUT2D eigenvalue weighted by Crippen LogP contribution is -2.44. The van der Waals surface area contributed by atoms with Gasteiger partial charge in [-0.3, -0.25) is 4.72 Å². The van der Waals surface area contributed by atoms with Crippen molar-refractivity contribution in [3.05, 3.63) is 22.7 Å². The molecule has 0 saturated heterocycles. The summed E-state index contributed by atoms with van der Waals surface area (Å²) in [4.78, 5) is 13.7. The summed E-state index contributed by atoms with van der Waals surface area (Å²) in [6, 6.07) is 2.49. The Morgan fingerprint density at radius 2 is 1.76 bits per heavy atom. The van der Waals surface area contributed by atoms with E-state index in [1.807, 2.05) is 25.7 Å². The van der Waals surface area contributed by atoms with Crippen molar-refractivity contribution in [2.45, 2.75) is 76.3 Å². The normalized spacial score (nSPS) is 16.8. The number of ether oxygens (including phenoxy) is 1. The topological polar surface area (TPSA) is 126 Å². The maximum Gasteiger partial charge on any atom is 0.516 e. The van der Waals surface area contributed by atoms with E-state index in [0.717, 1.165) is 0 Å². The van der Waals surface area contributed by atoms with Gasteiger partial charge in [0.2, 0.25) is 5.01 Å². The highest BCUT2D eigenvalue weighted by molar-refractivity contribution is 7.93. The van der Waals surface area contributed by atoms with Gasteiger partial charge in [-0.15, -0.1) is 20.4 Å². The van der Waals surface area contributed by atoms with Crippen LogP contribution >= 0.6 is 11.3 Å². The quantitative estimate of drug-likeness (QED) is 0.181. The van der Waals surface area contributed by atoms with Crippen LogP contribution in [0.1, 0.15) is 55.4 Å². The third kappa shape index (κ3) is 7.02. The van der Waals surface area contributed by atoms with Crippen molar-refractivity contribution in [3.63, 3.8) is 0 Å². The SMILES string of the molecule is CCC(CC)N1c2cc(NS(=O)(=O)C(F)(F)F)c(N=Nc3nnc(C(=O)OC(F)(F)C(F)(F)F)s3)cc2CCC1C. The molecule has 0 radical (unpaired) electrons. The average molecular weight is 639 g/mol. The number of alkyl halides is 8. The van der Waals surface area contributed by atoms with Gasteiger partial charge in [0.15, 0.2) is 0 Å². The summed E-state index contributed by atoms with van der Waals surface area (Å²) in [5, 5.41) is 12.0. The van der Waals surface area contributed by atoms with Crippen molar-refractivity contribution in [1.82, 2.24) is 10.2 Å². The molecule has 1 aromatic heterocycles. The van der Waals surface area contributed by atoms with Gasteiger partial charge >= 0.3 is 33.8 Å². The predicted octanol–water partition coefficient (Wildman–Crippen LogP) is 6.86. The Bertz CT molecular complexity index is 1410. The summed E-state index contributed by atoms with van der Waals surface area (Å²) >= 11 is 0.0894. The molecule has 228 valence electrons. The van der Waals surface area contributed by atoms with Gasteiger partial charge in [0.05, 0.1) is 5.69 Å². The van der Waals surface area contributed by atoms with Crippen LogP contribution in [0.3, 0.4) is 0 Å². The van der Waals surface area contributed by atoms with Crippen LogP contribution in [0.25, 0.3) is 0 Å². The highest BCUT2D eigenvalue weighted by Gasteiger charge is 2.62. The zero-order chi connectivity index (χ0) is 31.0. The smallest absolute Gasteiger partial charge is 0.388 e. The van der Waals surface area contributed by atoms with E-state index in [2.05, 4.69) is 25.2 Å². The fraction of sp³-hybridized carbons (Fsp3) is 0.571. The maximum atomic E-state index is 13.2. The van der Waals surface area contributed by atoms with Crippen LogP contribution < -0.4 is 9.62 Å². The first-order valence-electron chi connectivity index (χ1n) is 11.8. The number of azo groups is 1. The van der Waals surface area contributed by atoms with Gasteiger partial charge in [0.25, 0.3) is 5.13 Å². The molecule has 0 amide bonds. The van der Waals surface area contributed by atoms with Gasteiger partial charge in [0.1, 0.15) is 5.69 Å². The number of fused-ring (bicyclic) bond motifs is 1. The number of benzene rings is 1. The number of carbonyl (C=O) groups is 1. The predicted molar refractivity (Wildman–Crippen MR) is 130 cm³/mol. The molecule has 1 atom stereocenters. The molecule has 20 heteroatoms. The number of aromatic nitrogens is 2. The number of carbonyl (C=O) groups excluding carboxylic acids is 1. The number of anilines is 2. The molecular weight excluding hydrogens is 616 g/mol. The van der Waals surface area contributed by atoms with Crippen molar-refractivity contribution < 1.29 is 53.1 Å². The van der Waals surface area contributed by atoms with E-state index >= 15 is 0 Å². The molecule has 2 heterocycles. The average Bonchev–Trinajstić information content (AvgIpc) is 3.32. The molecule has 1 unspecified atom stereocenters. The van der Waals surface area contributed by atoms with Gasteiger partial charge in [-0.05, 0) is 50.3 Å². The minimum Gasteiger partial charge on any atom is -0.388 e. The first kappa shape index (κ1) is 32.4. The van der Waals surface area contributed by atoms with E-state index in [4.69, 9.17) is 0 Å². The first-order chi connectivity index (χ1) is 18.8. The van der Waals surface area contributed by atoms with Crippen LogP contribution in [0.4, 0.5) is 57.3 Å². The van der Waals surface area contributed by atoms with E-state index in [1.54, 1.807) is 0 Å². The van der Waals surface area contributed by atoms with Gasteiger partial charge in [-0.2, -0.15) is 43.5 Å². The minimum absolute atomic E-state index is 0.00658. The Morgan fingerprint density at radius 1 is 1.12 bits per heavy atom. The maximum absolute atomic E-state index is 13.2. The van der Waals surface area contributed by atoms with Crippen molar-refractivity contribution in [1.29, 1.82) is 0 Å².